The lowest BCUT2D eigenvalue weighted by atomic mass is 10.1. The molecule has 0 aliphatic heterocycles. The van der Waals surface area contributed by atoms with Gasteiger partial charge < -0.3 is 0 Å². The number of aromatic nitrogens is 3. The quantitative estimate of drug-likeness (QED) is 0.781. The third kappa shape index (κ3) is 2.42. The van der Waals surface area contributed by atoms with Crippen molar-refractivity contribution in [1.82, 2.24) is 14.8 Å². The molecule has 2 aromatic rings. The number of aryl methyl sites for hydroxylation is 1. The molecule has 0 aliphatic rings. The maximum absolute atomic E-state index is 13.0. The first kappa shape index (κ1) is 12.3. The van der Waals surface area contributed by atoms with E-state index in [1.54, 1.807) is 4.68 Å². The molecule has 0 unspecified atom stereocenters. The Morgan fingerprint density at radius 3 is 2.78 bits per heavy atom. The molecular weight excluding hydrogens is 240 g/mol. The van der Waals surface area contributed by atoms with Gasteiger partial charge in [0.25, 0.3) is 0 Å². The zero-order valence-electron chi connectivity index (χ0n) is 9.73. The zero-order valence-corrected chi connectivity index (χ0v) is 9.73. The second-order valence-corrected chi connectivity index (χ2v) is 3.72. The summed E-state index contributed by atoms with van der Waals surface area (Å²) in [5.74, 6) is -1.81. The van der Waals surface area contributed by atoms with Gasteiger partial charge in [0, 0.05) is 12.1 Å². The number of halogens is 2. The fourth-order valence-electron chi connectivity index (χ4n) is 1.60. The van der Waals surface area contributed by atoms with E-state index in [0.717, 1.165) is 12.1 Å². The molecule has 4 nitrogen and oxygen atoms in total. The predicted molar refractivity (Wildman–Crippen MR) is 60.1 cm³/mol. The number of carbonyl (C=O) groups excluding carboxylic acids is 1. The van der Waals surface area contributed by atoms with Crippen LogP contribution in [0.1, 0.15) is 23.1 Å². The Morgan fingerprint density at radius 2 is 2.11 bits per heavy atom. The van der Waals surface area contributed by atoms with Crippen molar-refractivity contribution in [2.24, 2.45) is 0 Å². The van der Waals surface area contributed by atoms with E-state index in [4.69, 9.17) is 0 Å². The second kappa shape index (κ2) is 5.03. The molecule has 0 saturated carbocycles. The van der Waals surface area contributed by atoms with E-state index in [1.165, 1.54) is 12.4 Å². The highest BCUT2D eigenvalue weighted by Gasteiger charge is 2.13. The molecule has 0 saturated heterocycles. The average molecular weight is 251 g/mol. The molecule has 6 heteroatoms. The normalized spacial score (nSPS) is 10.6. The number of hydrogen-bond donors (Lipinski definition) is 0. The highest BCUT2D eigenvalue weighted by Crippen LogP contribution is 2.11. The van der Waals surface area contributed by atoms with E-state index in [-0.39, 0.29) is 17.8 Å². The molecule has 0 spiro atoms. The van der Waals surface area contributed by atoms with Crippen molar-refractivity contribution < 1.29 is 13.6 Å². The minimum atomic E-state index is -1.03. The van der Waals surface area contributed by atoms with E-state index < -0.39 is 11.6 Å². The van der Waals surface area contributed by atoms with E-state index in [2.05, 4.69) is 10.1 Å². The van der Waals surface area contributed by atoms with Gasteiger partial charge in [-0.05, 0) is 25.1 Å². The summed E-state index contributed by atoms with van der Waals surface area (Å²) in [6.45, 7) is 2.47. The molecule has 2 rings (SSSR count). The summed E-state index contributed by atoms with van der Waals surface area (Å²) in [5, 5.41) is 3.93. The molecule has 0 amide bonds. The predicted octanol–water partition coefficient (Wildman–Crippen LogP) is 2.00. The van der Waals surface area contributed by atoms with Crippen LogP contribution in [-0.4, -0.2) is 20.5 Å². The van der Waals surface area contributed by atoms with Crippen molar-refractivity contribution in [3.05, 3.63) is 47.5 Å². The summed E-state index contributed by atoms with van der Waals surface area (Å²) < 4.78 is 27.3. The van der Waals surface area contributed by atoms with E-state index in [9.17, 15) is 13.6 Å². The number of carbonyl (C=O) groups is 1. The lowest BCUT2D eigenvalue weighted by Crippen LogP contribution is -2.11. The van der Waals surface area contributed by atoms with Crippen LogP contribution in [0.2, 0.25) is 0 Å². The van der Waals surface area contributed by atoms with Crippen molar-refractivity contribution in [1.29, 1.82) is 0 Å². The topological polar surface area (TPSA) is 47.8 Å². The van der Waals surface area contributed by atoms with Gasteiger partial charge in [-0.1, -0.05) is 0 Å². The lowest BCUT2D eigenvalue weighted by Gasteiger charge is -2.03. The summed E-state index contributed by atoms with van der Waals surface area (Å²) in [4.78, 5) is 15.8. The molecule has 0 atom stereocenters. The molecule has 94 valence electrons. The molecule has 0 aliphatic carbocycles. The van der Waals surface area contributed by atoms with Crippen LogP contribution in [0.25, 0.3) is 0 Å². The molecule has 1 aromatic heterocycles. The van der Waals surface area contributed by atoms with Gasteiger partial charge in [0.1, 0.15) is 12.2 Å². The average Bonchev–Trinajstić information content (AvgIpc) is 2.79. The first-order valence-corrected chi connectivity index (χ1v) is 5.46. The Kier molecular flexibility index (Phi) is 3.45. The van der Waals surface area contributed by atoms with E-state index in [1.807, 2.05) is 6.92 Å². The number of rotatable bonds is 4. The number of hydrogen-bond acceptors (Lipinski definition) is 3. The maximum atomic E-state index is 13.0. The molecule has 18 heavy (non-hydrogen) atoms. The van der Waals surface area contributed by atoms with Crippen molar-refractivity contribution in [2.45, 2.75) is 19.9 Å². The summed E-state index contributed by atoms with van der Waals surface area (Å²) in [6.07, 6.45) is 1.37. The van der Waals surface area contributed by atoms with Crippen LogP contribution < -0.4 is 0 Å². The van der Waals surface area contributed by atoms with Crippen LogP contribution in [0, 0.1) is 11.6 Å². The number of nitrogens with zero attached hydrogens (tertiary/aromatic N) is 3. The molecule has 0 fully saturated rings. The second-order valence-electron chi connectivity index (χ2n) is 3.72. The Bertz CT molecular complexity index is 580. The summed E-state index contributed by atoms with van der Waals surface area (Å²) in [5.41, 5.74) is 0.125. The molecule has 0 bridgehead atoms. The van der Waals surface area contributed by atoms with Crippen LogP contribution in [0.3, 0.4) is 0 Å². The largest absolute Gasteiger partial charge is 0.294 e. The number of Topliss-reactive ketones (excluding diaryl/α,β-unsaturated/α-hetero) is 1. The van der Waals surface area contributed by atoms with E-state index in [0.29, 0.717) is 12.4 Å². The van der Waals surface area contributed by atoms with Gasteiger partial charge in [-0.25, -0.2) is 18.4 Å². The maximum Gasteiger partial charge on any atom is 0.170 e. The molecule has 0 N–H and O–H groups in total. The Hall–Kier alpha value is -2.11. The van der Waals surface area contributed by atoms with Crippen LogP contribution in [-0.2, 0) is 13.0 Å². The Morgan fingerprint density at radius 1 is 1.33 bits per heavy atom. The van der Waals surface area contributed by atoms with Gasteiger partial charge in [-0.3, -0.25) is 4.79 Å². The van der Waals surface area contributed by atoms with Crippen molar-refractivity contribution in [3.63, 3.8) is 0 Å². The summed E-state index contributed by atoms with van der Waals surface area (Å²) >= 11 is 0. The van der Waals surface area contributed by atoms with Gasteiger partial charge in [-0.15, -0.1) is 0 Å². The van der Waals surface area contributed by atoms with Gasteiger partial charge in [0.15, 0.2) is 17.4 Å². The van der Waals surface area contributed by atoms with Gasteiger partial charge >= 0.3 is 0 Å². The third-order valence-corrected chi connectivity index (χ3v) is 2.56. The van der Waals surface area contributed by atoms with Gasteiger partial charge in [0.05, 0.1) is 6.42 Å². The van der Waals surface area contributed by atoms with Crippen molar-refractivity contribution in [3.8, 4) is 0 Å². The molecular formula is C12H11F2N3O. The Balaban J connectivity index is 2.19. The van der Waals surface area contributed by atoms with Crippen molar-refractivity contribution in [2.75, 3.05) is 0 Å². The lowest BCUT2D eigenvalue weighted by molar-refractivity contribution is 0.0989. The third-order valence-electron chi connectivity index (χ3n) is 2.56. The smallest absolute Gasteiger partial charge is 0.170 e. The fraction of sp³-hybridized carbons (Fsp3) is 0.250. The number of benzene rings is 1. The zero-order chi connectivity index (χ0) is 13.1. The highest BCUT2D eigenvalue weighted by atomic mass is 19.2. The summed E-state index contributed by atoms with van der Waals surface area (Å²) in [7, 11) is 0. The van der Waals surface area contributed by atoms with Crippen LogP contribution in [0.15, 0.2) is 24.5 Å². The first-order chi connectivity index (χ1) is 8.61. The SMILES string of the molecule is CCn1ncnc1CC(=O)c1ccc(F)c(F)c1. The first-order valence-electron chi connectivity index (χ1n) is 5.46. The van der Waals surface area contributed by atoms with Crippen LogP contribution in [0.5, 0.6) is 0 Å². The van der Waals surface area contributed by atoms with Gasteiger partial charge in [0.2, 0.25) is 0 Å². The van der Waals surface area contributed by atoms with Crippen molar-refractivity contribution >= 4 is 5.78 Å². The molecule has 1 aromatic carbocycles. The van der Waals surface area contributed by atoms with Crippen LogP contribution >= 0.6 is 0 Å². The van der Waals surface area contributed by atoms with E-state index >= 15 is 0 Å². The minimum Gasteiger partial charge on any atom is -0.294 e. The van der Waals surface area contributed by atoms with Crippen LogP contribution in [0.4, 0.5) is 8.78 Å². The summed E-state index contributed by atoms with van der Waals surface area (Å²) in [6, 6.07) is 3.09. The standard InChI is InChI=1S/C12H11F2N3O/c1-2-17-12(15-7-16-17)6-11(18)8-3-4-9(13)10(14)5-8/h3-5,7H,2,6H2,1H3. The fourth-order valence-corrected chi connectivity index (χ4v) is 1.60. The highest BCUT2D eigenvalue weighted by molar-refractivity contribution is 5.97. The molecule has 0 radical (unpaired) electrons. The monoisotopic (exact) mass is 251 g/mol. The minimum absolute atomic E-state index is 0.0128. The van der Waals surface area contributed by atoms with Gasteiger partial charge in [-0.2, -0.15) is 5.10 Å². The Labute approximate surface area is 102 Å². The number of ketones is 1. The molecule has 1 heterocycles.